The molecule has 1 saturated heterocycles. The molecule has 0 radical (unpaired) electrons. The van der Waals surface area contributed by atoms with Crippen molar-refractivity contribution >= 4 is 41.2 Å². The van der Waals surface area contributed by atoms with Gasteiger partial charge < -0.3 is 10.0 Å². The molecule has 1 fully saturated rings. The molecule has 1 amide bonds. The van der Waals surface area contributed by atoms with Crippen molar-refractivity contribution in [1.29, 1.82) is 0 Å². The number of nitrogens with zero attached hydrogens (tertiary/aromatic N) is 1. The molecule has 0 aliphatic carbocycles. The van der Waals surface area contributed by atoms with Crippen molar-refractivity contribution in [2.24, 2.45) is 5.92 Å². The van der Waals surface area contributed by atoms with Crippen LogP contribution in [0, 0.1) is 5.92 Å². The van der Waals surface area contributed by atoms with Crippen LogP contribution in [0.4, 0.5) is 0 Å². The lowest BCUT2D eigenvalue weighted by Crippen LogP contribution is -2.42. The number of aliphatic carboxylic acids is 1. The summed E-state index contributed by atoms with van der Waals surface area (Å²) < 4.78 is 0. The molecule has 0 spiro atoms. The van der Waals surface area contributed by atoms with Crippen LogP contribution in [0.1, 0.15) is 18.9 Å². The summed E-state index contributed by atoms with van der Waals surface area (Å²) in [5, 5.41) is 10.1. The zero-order valence-corrected chi connectivity index (χ0v) is 12.9. The number of amides is 1. The smallest absolute Gasteiger partial charge is 0.326 e. The van der Waals surface area contributed by atoms with Crippen LogP contribution in [0.5, 0.6) is 0 Å². The van der Waals surface area contributed by atoms with E-state index in [-0.39, 0.29) is 11.8 Å². The Morgan fingerprint density at radius 3 is 2.67 bits per heavy atom. The molecular weight excluding hydrogens is 313 g/mol. The van der Waals surface area contributed by atoms with Gasteiger partial charge in [-0.2, -0.15) is 0 Å². The van der Waals surface area contributed by atoms with Gasteiger partial charge in [0.2, 0.25) is 5.91 Å². The molecule has 1 aliphatic rings. The molecule has 4 nitrogen and oxygen atoms in total. The van der Waals surface area contributed by atoms with Gasteiger partial charge in [0.05, 0.1) is 10.0 Å². The first kappa shape index (κ1) is 15.9. The standard InChI is InChI=1S/C15H15Cl2NO3/c1-9-6-7-18(14(9)15(20)21)13(19)5-3-10-2-4-11(16)12(17)8-10/h2-5,8-9,14H,6-7H2,1H3,(H,20,21)/b5-3+. The molecular formula is C15H15Cl2NO3. The van der Waals surface area contributed by atoms with Crippen LogP contribution in [0.3, 0.4) is 0 Å². The minimum atomic E-state index is -0.962. The largest absolute Gasteiger partial charge is 0.480 e. The number of carboxylic acid groups (broad SMARTS) is 1. The molecule has 1 heterocycles. The van der Waals surface area contributed by atoms with Crippen LogP contribution in [0.25, 0.3) is 6.08 Å². The number of benzene rings is 1. The molecule has 2 atom stereocenters. The van der Waals surface area contributed by atoms with Gasteiger partial charge in [-0.3, -0.25) is 4.79 Å². The summed E-state index contributed by atoms with van der Waals surface area (Å²) in [5.41, 5.74) is 0.733. The van der Waals surface area contributed by atoms with Crippen molar-refractivity contribution in [2.75, 3.05) is 6.54 Å². The Balaban J connectivity index is 2.12. The first-order valence-corrected chi connectivity index (χ1v) is 7.32. The third kappa shape index (κ3) is 3.57. The summed E-state index contributed by atoms with van der Waals surface area (Å²) in [5.74, 6) is -1.31. The van der Waals surface area contributed by atoms with Crippen LogP contribution in [-0.2, 0) is 9.59 Å². The van der Waals surface area contributed by atoms with Crippen molar-refractivity contribution in [3.05, 3.63) is 39.9 Å². The number of hydrogen-bond donors (Lipinski definition) is 1. The van der Waals surface area contributed by atoms with E-state index in [1.165, 1.54) is 11.0 Å². The van der Waals surface area contributed by atoms with E-state index in [0.717, 1.165) is 5.56 Å². The molecule has 0 saturated carbocycles. The second-order valence-electron chi connectivity index (χ2n) is 5.09. The number of rotatable bonds is 3. The van der Waals surface area contributed by atoms with Crippen molar-refractivity contribution in [3.63, 3.8) is 0 Å². The highest BCUT2D eigenvalue weighted by Crippen LogP contribution is 2.25. The van der Waals surface area contributed by atoms with E-state index in [1.54, 1.807) is 24.3 Å². The van der Waals surface area contributed by atoms with Crippen molar-refractivity contribution in [1.82, 2.24) is 4.90 Å². The monoisotopic (exact) mass is 327 g/mol. The van der Waals surface area contributed by atoms with Gasteiger partial charge in [-0.1, -0.05) is 36.2 Å². The van der Waals surface area contributed by atoms with Crippen LogP contribution in [0.2, 0.25) is 10.0 Å². The Morgan fingerprint density at radius 1 is 1.33 bits per heavy atom. The van der Waals surface area contributed by atoms with Crippen molar-refractivity contribution in [2.45, 2.75) is 19.4 Å². The number of carboxylic acids is 1. The number of carbonyl (C=O) groups is 2. The highest BCUT2D eigenvalue weighted by atomic mass is 35.5. The molecule has 2 unspecified atom stereocenters. The van der Waals surface area contributed by atoms with E-state index in [4.69, 9.17) is 23.2 Å². The molecule has 1 N–H and O–H groups in total. The molecule has 112 valence electrons. The molecule has 1 aliphatic heterocycles. The van der Waals surface area contributed by atoms with E-state index < -0.39 is 12.0 Å². The zero-order valence-electron chi connectivity index (χ0n) is 11.4. The van der Waals surface area contributed by atoms with Gasteiger partial charge in [0, 0.05) is 12.6 Å². The fourth-order valence-corrected chi connectivity index (χ4v) is 2.76. The van der Waals surface area contributed by atoms with Gasteiger partial charge in [0.25, 0.3) is 0 Å². The Labute approximate surface area is 133 Å². The Morgan fingerprint density at radius 2 is 2.05 bits per heavy atom. The maximum absolute atomic E-state index is 12.1. The van der Waals surface area contributed by atoms with E-state index >= 15 is 0 Å². The number of likely N-dealkylation sites (tertiary alicyclic amines) is 1. The van der Waals surface area contributed by atoms with Crippen molar-refractivity contribution < 1.29 is 14.7 Å². The van der Waals surface area contributed by atoms with Crippen molar-refractivity contribution in [3.8, 4) is 0 Å². The predicted molar refractivity (Wildman–Crippen MR) is 82.4 cm³/mol. The van der Waals surface area contributed by atoms with Gasteiger partial charge in [-0.05, 0) is 36.1 Å². The second-order valence-corrected chi connectivity index (χ2v) is 5.90. The van der Waals surface area contributed by atoms with Gasteiger partial charge in [-0.15, -0.1) is 0 Å². The minimum absolute atomic E-state index is 0.0372. The fourth-order valence-electron chi connectivity index (χ4n) is 2.45. The molecule has 6 heteroatoms. The topological polar surface area (TPSA) is 57.6 Å². The molecule has 21 heavy (non-hydrogen) atoms. The Bertz CT molecular complexity index is 601. The SMILES string of the molecule is CC1CCN(C(=O)/C=C/c2ccc(Cl)c(Cl)c2)C1C(=O)O. The van der Waals surface area contributed by atoms with E-state index in [1.807, 2.05) is 6.92 Å². The summed E-state index contributed by atoms with van der Waals surface area (Å²) in [6, 6.07) is 4.27. The third-order valence-corrected chi connectivity index (χ3v) is 4.34. The second kappa shape index (κ2) is 6.50. The van der Waals surface area contributed by atoms with Crippen LogP contribution in [0.15, 0.2) is 24.3 Å². The quantitative estimate of drug-likeness (QED) is 0.866. The molecule has 0 bridgehead atoms. The first-order valence-electron chi connectivity index (χ1n) is 6.56. The Hall–Kier alpha value is -1.52. The maximum atomic E-state index is 12.1. The summed E-state index contributed by atoms with van der Waals surface area (Å²) >= 11 is 11.7. The summed E-state index contributed by atoms with van der Waals surface area (Å²) in [4.78, 5) is 24.8. The Kier molecular flexibility index (Phi) is 4.91. The lowest BCUT2D eigenvalue weighted by atomic mass is 10.0. The average Bonchev–Trinajstić information content (AvgIpc) is 2.82. The molecule has 1 aromatic rings. The van der Waals surface area contributed by atoms with Crippen LogP contribution >= 0.6 is 23.2 Å². The van der Waals surface area contributed by atoms with Crippen LogP contribution < -0.4 is 0 Å². The summed E-state index contributed by atoms with van der Waals surface area (Å²) in [6.45, 7) is 2.30. The van der Waals surface area contributed by atoms with Gasteiger partial charge in [0.1, 0.15) is 6.04 Å². The zero-order chi connectivity index (χ0) is 15.6. The average molecular weight is 328 g/mol. The van der Waals surface area contributed by atoms with Crippen LogP contribution in [-0.4, -0.2) is 34.5 Å². The number of hydrogen-bond acceptors (Lipinski definition) is 2. The summed E-state index contributed by atoms with van der Waals surface area (Å²) in [7, 11) is 0. The third-order valence-electron chi connectivity index (χ3n) is 3.60. The van der Waals surface area contributed by atoms with Gasteiger partial charge in [-0.25, -0.2) is 4.79 Å². The minimum Gasteiger partial charge on any atom is -0.480 e. The summed E-state index contributed by atoms with van der Waals surface area (Å²) in [6.07, 6.45) is 3.67. The van der Waals surface area contributed by atoms with E-state index in [9.17, 15) is 14.7 Å². The van der Waals surface area contributed by atoms with E-state index in [2.05, 4.69) is 0 Å². The highest BCUT2D eigenvalue weighted by Gasteiger charge is 2.38. The molecule has 2 rings (SSSR count). The lowest BCUT2D eigenvalue weighted by Gasteiger charge is -2.21. The number of carbonyl (C=O) groups excluding carboxylic acids is 1. The fraction of sp³-hybridized carbons (Fsp3) is 0.333. The molecule has 0 aromatic heterocycles. The van der Waals surface area contributed by atoms with Gasteiger partial charge in [0.15, 0.2) is 0 Å². The van der Waals surface area contributed by atoms with E-state index in [0.29, 0.717) is 23.0 Å². The predicted octanol–water partition coefficient (Wildman–Crippen LogP) is 3.33. The maximum Gasteiger partial charge on any atom is 0.326 e. The lowest BCUT2D eigenvalue weighted by molar-refractivity contribution is -0.147. The normalized spacial score (nSPS) is 22.0. The number of halogens is 2. The van der Waals surface area contributed by atoms with Gasteiger partial charge >= 0.3 is 5.97 Å². The highest BCUT2D eigenvalue weighted by molar-refractivity contribution is 6.42. The molecule has 1 aromatic carbocycles. The first-order chi connectivity index (χ1) is 9.90.